The number of thiophene rings is 1. The summed E-state index contributed by atoms with van der Waals surface area (Å²) in [7, 11) is 1.66. The van der Waals surface area contributed by atoms with Crippen molar-refractivity contribution in [1.29, 1.82) is 0 Å². The number of carbonyl (C=O) groups excluding carboxylic acids is 1. The van der Waals surface area contributed by atoms with Gasteiger partial charge < -0.3 is 15.4 Å². The van der Waals surface area contributed by atoms with Crippen LogP contribution in [0.1, 0.15) is 17.7 Å². The van der Waals surface area contributed by atoms with Crippen LogP contribution >= 0.6 is 27.3 Å². The average molecular weight is 347 g/mol. The lowest BCUT2D eigenvalue weighted by Crippen LogP contribution is -2.49. The van der Waals surface area contributed by atoms with E-state index in [0.29, 0.717) is 13.2 Å². The molecule has 19 heavy (non-hydrogen) atoms. The van der Waals surface area contributed by atoms with Crippen molar-refractivity contribution in [3.8, 4) is 0 Å². The van der Waals surface area contributed by atoms with Gasteiger partial charge >= 0.3 is 0 Å². The molecule has 1 amide bonds. The van der Waals surface area contributed by atoms with Crippen molar-refractivity contribution >= 4 is 33.2 Å². The van der Waals surface area contributed by atoms with Crippen molar-refractivity contribution in [2.45, 2.75) is 19.4 Å². The van der Waals surface area contributed by atoms with Crippen LogP contribution in [-0.2, 0) is 16.1 Å². The van der Waals surface area contributed by atoms with Crippen molar-refractivity contribution in [3.05, 3.63) is 20.8 Å². The number of methoxy groups -OCH3 is 1. The van der Waals surface area contributed by atoms with Crippen LogP contribution in [0.5, 0.6) is 0 Å². The third-order valence-corrected chi connectivity index (χ3v) is 5.14. The number of hydrogen-bond acceptors (Lipinski definition) is 4. The van der Waals surface area contributed by atoms with Crippen LogP contribution in [0.3, 0.4) is 0 Å². The lowest BCUT2D eigenvalue weighted by Gasteiger charge is -2.35. The summed E-state index contributed by atoms with van der Waals surface area (Å²) in [5, 5.41) is 6.34. The van der Waals surface area contributed by atoms with E-state index in [1.54, 1.807) is 18.4 Å². The Morgan fingerprint density at radius 3 is 2.84 bits per heavy atom. The molecule has 1 aliphatic heterocycles. The normalized spacial score (nSPS) is 18.2. The summed E-state index contributed by atoms with van der Waals surface area (Å²) in [6, 6.07) is 4.03. The van der Waals surface area contributed by atoms with E-state index in [9.17, 15) is 4.79 Å². The maximum absolute atomic E-state index is 12.5. The van der Waals surface area contributed by atoms with Crippen molar-refractivity contribution < 1.29 is 9.53 Å². The minimum atomic E-state index is -0.367. The van der Waals surface area contributed by atoms with Gasteiger partial charge in [0.1, 0.15) is 0 Å². The maximum Gasteiger partial charge on any atom is 0.228 e. The van der Waals surface area contributed by atoms with E-state index in [0.717, 1.165) is 34.6 Å². The predicted molar refractivity (Wildman–Crippen MR) is 80.3 cm³/mol. The zero-order chi connectivity index (χ0) is 13.7. The molecule has 1 aromatic rings. The van der Waals surface area contributed by atoms with Crippen LogP contribution in [-0.4, -0.2) is 32.7 Å². The Kier molecular flexibility index (Phi) is 5.38. The van der Waals surface area contributed by atoms with Crippen LogP contribution in [0, 0.1) is 5.41 Å². The fraction of sp³-hybridized carbons (Fsp3) is 0.615. The number of nitrogens with one attached hydrogen (secondary N) is 2. The zero-order valence-electron chi connectivity index (χ0n) is 11.0. The first-order valence-corrected chi connectivity index (χ1v) is 7.99. The lowest BCUT2D eigenvalue weighted by molar-refractivity contribution is -0.136. The summed E-state index contributed by atoms with van der Waals surface area (Å²) in [6.07, 6.45) is 1.67. The highest BCUT2D eigenvalue weighted by Gasteiger charge is 2.39. The standard InChI is InChI=1S/C13H19BrN2O2S/c1-18-9-13(4-6-15-7-5-13)12(17)16-8-10-2-3-11(14)19-10/h2-3,15H,4-9H2,1H3,(H,16,17). The predicted octanol–water partition coefficient (Wildman–Crippen LogP) is 2.14. The summed E-state index contributed by atoms with van der Waals surface area (Å²) in [4.78, 5) is 13.6. The summed E-state index contributed by atoms with van der Waals surface area (Å²) in [5.74, 6) is 0.111. The monoisotopic (exact) mass is 346 g/mol. The Labute approximate surface area is 126 Å². The summed E-state index contributed by atoms with van der Waals surface area (Å²) in [5.41, 5.74) is -0.367. The molecule has 2 rings (SSSR count). The Hall–Kier alpha value is -0.430. The van der Waals surface area contributed by atoms with Gasteiger partial charge in [-0.05, 0) is 54.0 Å². The highest BCUT2D eigenvalue weighted by Crippen LogP contribution is 2.30. The van der Waals surface area contributed by atoms with Crippen LogP contribution in [0.15, 0.2) is 15.9 Å². The molecule has 2 heterocycles. The van der Waals surface area contributed by atoms with Crippen LogP contribution in [0.4, 0.5) is 0 Å². The Morgan fingerprint density at radius 1 is 1.53 bits per heavy atom. The van der Waals surface area contributed by atoms with Gasteiger partial charge in [-0.1, -0.05) is 0 Å². The average Bonchev–Trinajstić information content (AvgIpc) is 2.83. The maximum atomic E-state index is 12.5. The zero-order valence-corrected chi connectivity index (χ0v) is 13.4. The summed E-state index contributed by atoms with van der Waals surface area (Å²) in [6.45, 7) is 2.84. The van der Waals surface area contributed by atoms with E-state index in [1.807, 2.05) is 12.1 Å². The molecule has 0 saturated carbocycles. The molecule has 0 radical (unpaired) electrons. The van der Waals surface area contributed by atoms with Crippen molar-refractivity contribution in [2.75, 3.05) is 26.8 Å². The molecule has 106 valence electrons. The van der Waals surface area contributed by atoms with Gasteiger partial charge in [0.25, 0.3) is 0 Å². The van der Waals surface area contributed by atoms with E-state index >= 15 is 0 Å². The van der Waals surface area contributed by atoms with Gasteiger partial charge in [0.2, 0.25) is 5.91 Å². The second-order valence-corrected chi connectivity index (χ2v) is 7.40. The van der Waals surface area contributed by atoms with Crippen molar-refractivity contribution in [2.24, 2.45) is 5.41 Å². The molecule has 1 saturated heterocycles. The molecule has 0 aliphatic carbocycles. The second kappa shape index (κ2) is 6.83. The quantitative estimate of drug-likeness (QED) is 0.858. The number of amides is 1. The first-order chi connectivity index (χ1) is 9.16. The topological polar surface area (TPSA) is 50.4 Å². The van der Waals surface area contributed by atoms with Crippen LogP contribution in [0.25, 0.3) is 0 Å². The van der Waals surface area contributed by atoms with Gasteiger partial charge in [-0.3, -0.25) is 4.79 Å². The minimum absolute atomic E-state index is 0.111. The van der Waals surface area contributed by atoms with E-state index in [1.165, 1.54) is 0 Å². The van der Waals surface area contributed by atoms with Crippen molar-refractivity contribution in [1.82, 2.24) is 10.6 Å². The van der Waals surface area contributed by atoms with Gasteiger partial charge in [0, 0.05) is 12.0 Å². The number of piperidine rings is 1. The number of ether oxygens (including phenoxy) is 1. The molecule has 1 aliphatic rings. The van der Waals surface area contributed by atoms with Crippen LogP contribution < -0.4 is 10.6 Å². The molecular formula is C13H19BrN2O2S. The Morgan fingerprint density at radius 2 is 2.26 bits per heavy atom. The molecule has 1 fully saturated rings. The van der Waals surface area contributed by atoms with E-state index in [2.05, 4.69) is 26.6 Å². The fourth-order valence-electron chi connectivity index (χ4n) is 2.42. The highest BCUT2D eigenvalue weighted by atomic mass is 79.9. The molecule has 0 atom stereocenters. The lowest BCUT2D eigenvalue weighted by atomic mass is 9.78. The first kappa shape index (κ1) is 15.0. The fourth-order valence-corrected chi connectivity index (χ4v) is 3.84. The molecule has 1 aromatic heterocycles. The van der Waals surface area contributed by atoms with Gasteiger partial charge in [0.05, 0.1) is 22.4 Å². The smallest absolute Gasteiger partial charge is 0.228 e. The SMILES string of the molecule is COCC1(C(=O)NCc2ccc(Br)s2)CCNCC1. The molecule has 2 N–H and O–H groups in total. The van der Waals surface area contributed by atoms with E-state index in [-0.39, 0.29) is 11.3 Å². The Balaban J connectivity index is 1.95. The van der Waals surface area contributed by atoms with Gasteiger partial charge in [-0.2, -0.15) is 0 Å². The molecule has 0 aromatic carbocycles. The molecular weight excluding hydrogens is 328 g/mol. The molecule has 0 unspecified atom stereocenters. The first-order valence-electron chi connectivity index (χ1n) is 6.38. The molecule has 4 nitrogen and oxygen atoms in total. The summed E-state index contributed by atoms with van der Waals surface area (Å²) < 4.78 is 6.36. The third kappa shape index (κ3) is 3.78. The minimum Gasteiger partial charge on any atom is -0.384 e. The highest BCUT2D eigenvalue weighted by molar-refractivity contribution is 9.11. The van der Waals surface area contributed by atoms with E-state index < -0.39 is 0 Å². The largest absolute Gasteiger partial charge is 0.384 e. The Bertz CT molecular complexity index is 425. The number of halogens is 1. The van der Waals surface area contributed by atoms with Gasteiger partial charge in [-0.25, -0.2) is 0 Å². The van der Waals surface area contributed by atoms with Gasteiger partial charge in [0.15, 0.2) is 0 Å². The van der Waals surface area contributed by atoms with Crippen molar-refractivity contribution in [3.63, 3.8) is 0 Å². The molecule has 0 bridgehead atoms. The number of carbonyl (C=O) groups is 1. The number of hydrogen-bond donors (Lipinski definition) is 2. The molecule has 6 heteroatoms. The number of rotatable bonds is 5. The molecule has 0 spiro atoms. The second-order valence-electron chi connectivity index (χ2n) is 4.85. The van der Waals surface area contributed by atoms with Crippen LogP contribution in [0.2, 0.25) is 0 Å². The van der Waals surface area contributed by atoms with E-state index in [4.69, 9.17) is 4.74 Å². The third-order valence-electron chi connectivity index (χ3n) is 3.51. The van der Waals surface area contributed by atoms with Gasteiger partial charge in [-0.15, -0.1) is 11.3 Å². The summed E-state index contributed by atoms with van der Waals surface area (Å²) >= 11 is 5.08.